The number of hydrogen-bond acceptors (Lipinski definition) is 3. The summed E-state index contributed by atoms with van der Waals surface area (Å²) in [7, 11) is 1.70. The molecule has 1 amide bonds. The number of hydrogen-bond donors (Lipinski definition) is 1. The molecular weight excluding hydrogens is 316 g/mol. The van der Waals surface area contributed by atoms with E-state index in [4.69, 9.17) is 4.74 Å². The lowest BCUT2D eigenvalue weighted by Crippen LogP contribution is -2.42. The van der Waals surface area contributed by atoms with E-state index in [1.165, 1.54) is 11.3 Å². The van der Waals surface area contributed by atoms with Crippen LogP contribution in [0.5, 0.6) is 0 Å². The molecule has 1 heterocycles. The molecule has 0 aliphatic rings. The summed E-state index contributed by atoms with van der Waals surface area (Å²) in [6.07, 6.45) is 0. The molecule has 0 saturated carbocycles. The van der Waals surface area contributed by atoms with Gasteiger partial charge in [-0.05, 0) is 58.4 Å². The van der Waals surface area contributed by atoms with Gasteiger partial charge in [-0.2, -0.15) is 0 Å². The Morgan fingerprint density at radius 1 is 1.32 bits per heavy atom. The minimum absolute atomic E-state index is 0.0479. The van der Waals surface area contributed by atoms with Crippen LogP contribution in [0.15, 0.2) is 18.2 Å². The van der Waals surface area contributed by atoms with Crippen LogP contribution in [0, 0.1) is 13.8 Å². The van der Waals surface area contributed by atoms with Crippen LogP contribution in [0.4, 0.5) is 0 Å². The van der Waals surface area contributed by atoms with Crippen LogP contribution in [-0.2, 0) is 11.3 Å². The molecule has 0 aliphatic carbocycles. The number of fused-ring (bicyclic) bond motifs is 1. The predicted octanol–water partition coefficient (Wildman–Crippen LogP) is 3.14. The van der Waals surface area contributed by atoms with E-state index >= 15 is 0 Å². The van der Waals surface area contributed by atoms with Crippen LogP contribution in [-0.4, -0.2) is 52.9 Å². The number of ether oxygens (including phenoxy) is 1. The van der Waals surface area contributed by atoms with Gasteiger partial charge in [0.05, 0.1) is 12.2 Å². The molecule has 138 valence electrons. The minimum atomic E-state index is -0.911. The first-order valence-corrected chi connectivity index (χ1v) is 8.79. The zero-order chi connectivity index (χ0) is 18.8. The van der Waals surface area contributed by atoms with Gasteiger partial charge in [-0.3, -0.25) is 4.79 Å². The number of likely N-dealkylation sites (N-methyl/N-ethyl adjacent to an activating group) is 1. The molecule has 0 fully saturated rings. The molecule has 0 bridgehead atoms. The summed E-state index contributed by atoms with van der Waals surface area (Å²) < 4.78 is 7.44. The number of benzene rings is 1. The molecule has 0 spiro atoms. The highest BCUT2D eigenvalue weighted by Crippen LogP contribution is 2.27. The predicted molar refractivity (Wildman–Crippen MR) is 101 cm³/mol. The Hall–Kier alpha value is -1.85. The van der Waals surface area contributed by atoms with Crippen molar-refractivity contribution in [1.29, 1.82) is 0 Å². The van der Waals surface area contributed by atoms with Gasteiger partial charge in [0.15, 0.2) is 0 Å². The van der Waals surface area contributed by atoms with E-state index in [9.17, 15) is 9.90 Å². The van der Waals surface area contributed by atoms with E-state index in [0.717, 1.165) is 17.4 Å². The number of carbonyl (C=O) groups excluding carboxylic acids is 1. The summed E-state index contributed by atoms with van der Waals surface area (Å²) >= 11 is 0. The van der Waals surface area contributed by atoms with Gasteiger partial charge in [-0.15, -0.1) is 0 Å². The van der Waals surface area contributed by atoms with Gasteiger partial charge in [0.1, 0.15) is 0 Å². The van der Waals surface area contributed by atoms with Crippen molar-refractivity contribution in [2.75, 3.05) is 26.8 Å². The normalized spacial score (nSPS) is 12.0. The molecule has 0 aliphatic heterocycles. The maximum absolute atomic E-state index is 12.9. The van der Waals surface area contributed by atoms with E-state index in [1.54, 1.807) is 25.9 Å². The third kappa shape index (κ3) is 4.22. The molecule has 5 nitrogen and oxygen atoms in total. The maximum atomic E-state index is 12.9. The van der Waals surface area contributed by atoms with Crippen molar-refractivity contribution < 1.29 is 14.6 Å². The third-order valence-electron chi connectivity index (χ3n) is 4.65. The highest BCUT2D eigenvalue weighted by atomic mass is 16.5. The average Bonchev–Trinajstić information content (AvgIpc) is 2.80. The van der Waals surface area contributed by atoms with Crippen LogP contribution in [0.1, 0.15) is 42.4 Å². The number of carbonyl (C=O) groups is 1. The summed E-state index contributed by atoms with van der Waals surface area (Å²) in [5.41, 5.74) is 3.25. The summed E-state index contributed by atoms with van der Waals surface area (Å²) in [5.74, 6) is -0.0479. The molecule has 5 heteroatoms. The van der Waals surface area contributed by atoms with Crippen molar-refractivity contribution in [2.24, 2.45) is 0 Å². The Kier molecular flexibility index (Phi) is 5.91. The molecule has 0 atom stereocenters. The summed E-state index contributed by atoms with van der Waals surface area (Å²) in [4.78, 5) is 14.5. The molecule has 2 aromatic rings. The second kappa shape index (κ2) is 7.58. The van der Waals surface area contributed by atoms with Crippen molar-refractivity contribution in [3.63, 3.8) is 0 Å². The molecule has 1 aromatic carbocycles. The molecule has 2 rings (SSSR count). The van der Waals surface area contributed by atoms with Gasteiger partial charge >= 0.3 is 0 Å². The number of aromatic nitrogens is 1. The van der Waals surface area contributed by atoms with Crippen LogP contribution >= 0.6 is 0 Å². The van der Waals surface area contributed by atoms with Crippen LogP contribution in [0.3, 0.4) is 0 Å². The summed E-state index contributed by atoms with van der Waals surface area (Å²) in [6.45, 7) is 11.9. The first-order valence-electron chi connectivity index (χ1n) is 8.79. The van der Waals surface area contributed by atoms with Crippen LogP contribution < -0.4 is 0 Å². The number of aliphatic hydroxyl groups is 1. The van der Waals surface area contributed by atoms with Gasteiger partial charge in [0.2, 0.25) is 0 Å². The average molecular weight is 346 g/mol. The summed E-state index contributed by atoms with van der Waals surface area (Å²) in [5, 5.41) is 11.1. The van der Waals surface area contributed by atoms with Gasteiger partial charge in [0.25, 0.3) is 5.91 Å². The van der Waals surface area contributed by atoms with E-state index in [-0.39, 0.29) is 5.91 Å². The van der Waals surface area contributed by atoms with Gasteiger partial charge in [-0.1, -0.05) is 0 Å². The molecule has 0 saturated heterocycles. The van der Waals surface area contributed by atoms with E-state index in [2.05, 4.69) is 18.4 Å². The number of nitrogens with zero attached hydrogens (tertiary/aromatic N) is 2. The molecule has 1 aromatic heterocycles. The number of amides is 1. The molecule has 0 unspecified atom stereocenters. The maximum Gasteiger partial charge on any atom is 0.253 e. The number of aryl methyl sites for hydroxylation is 1. The van der Waals surface area contributed by atoms with Crippen molar-refractivity contribution >= 4 is 16.8 Å². The van der Waals surface area contributed by atoms with Crippen molar-refractivity contribution in [3.05, 3.63) is 35.0 Å². The summed E-state index contributed by atoms with van der Waals surface area (Å²) in [6, 6.07) is 5.85. The van der Waals surface area contributed by atoms with E-state index in [0.29, 0.717) is 25.3 Å². The first-order chi connectivity index (χ1) is 11.7. The Bertz CT molecular complexity index is 756. The lowest BCUT2D eigenvalue weighted by atomic mass is 10.1. The fourth-order valence-corrected chi connectivity index (χ4v) is 3.23. The fourth-order valence-electron chi connectivity index (χ4n) is 3.23. The topological polar surface area (TPSA) is 54.7 Å². The minimum Gasteiger partial charge on any atom is -0.389 e. The molecule has 1 N–H and O–H groups in total. The smallest absolute Gasteiger partial charge is 0.253 e. The van der Waals surface area contributed by atoms with E-state index in [1.807, 2.05) is 25.1 Å². The Balaban J connectivity index is 2.40. The first kappa shape index (κ1) is 19.5. The van der Waals surface area contributed by atoms with Gasteiger partial charge in [0, 0.05) is 48.9 Å². The lowest BCUT2D eigenvalue weighted by Gasteiger charge is -2.28. The number of methoxy groups -OCH3 is 1. The van der Waals surface area contributed by atoms with Gasteiger partial charge < -0.3 is 19.3 Å². The highest BCUT2D eigenvalue weighted by Gasteiger charge is 2.23. The third-order valence-corrected chi connectivity index (χ3v) is 4.65. The number of rotatable bonds is 7. The highest BCUT2D eigenvalue weighted by molar-refractivity contribution is 5.99. The lowest BCUT2D eigenvalue weighted by molar-refractivity contribution is 0.0315. The second-order valence-corrected chi connectivity index (χ2v) is 7.22. The fraction of sp³-hybridized carbons (Fsp3) is 0.550. The van der Waals surface area contributed by atoms with E-state index < -0.39 is 5.60 Å². The SMILES string of the molecule is CCN(CC(C)(C)O)C(=O)c1ccc2c(c1)c(C)c(C)n2CCOC. The van der Waals surface area contributed by atoms with Crippen LogP contribution in [0.25, 0.3) is 10.9 Å². The van der Waals surface area contributed by atoms with Crippen molar-refractivity contribution in [2.45, 2.75) is 46.8 Å². The quantitative estimate of drug-likeness (QED) is 0.838. The second-order valence-electron chi connectivity index (χ2n) is 7.22. The Morgan fingerprint density at radius 2 is 2.00 bits per heavy atom. The Labute approximate surface area is 150 Å². The zero-order valence-electron chi connectivity index (χ0n) is 16.2. The van der Waals surface area contributed by atoms with Crippen molar-refractivity contribution in [1.82, 2.24) is 9.47 Å². The standard InChI is InChI=1S/C20H30N2O3/c1-7-21(13-20(4,5)24)19(23)16-8-9-18-17(12-16)14(2)15(3)22(18)10-11-25-6/h8-9,12,24H,7,10-11,13H2,1-6H3. The van der Waals surface area contributed by atoms with Crippen LogP contribution in [0.2, 0.25) is 0 Å². The molecular formula is C20H30N2O3. The van der Waals surface area contributed by atoms with Gasteiger partial charge in [-0.25, -0.2) is 0 Å². The van der Waals surface area contributed by atoms with Crippen molar-refractivity contribution in [3.8, 4) is 0 Å². The monoisotopic (exact) mass is 346 g/mol. The zero-order valence-corrected chi connectivity index (χ0v) is 16.2. The molecule has 0 radical (unpaired) electrons. The largest absolute Gasteiger partial charge is 0.389 e. The molecule has 25 heavy (non-hydrogen) atoms. The Morgan fingerprint density at radius 3 is 2.56 bits per heavy atom.